The van der Waals surface area contributed by atoms with Crippen LogP contribution < -0.4 is 16.6 Å². The molecule has 136 valence electrons. The van der Waals surface area contributed by atoms with Crippen LogP contribution in [0.2, 0.25) is 0 Å². The predicted molar refractivity (Wildman–Crippen MR) is 105 cm³/mol. The fraction of sp³-hybridized carbons (Fsp3) is 0.105. The Morgan fingerprint density at radius 2 is 1.77 bits per heavy atom. The van der Waals surface area contributed by atoms with Crippen molar-refractivity contribution < 1.29 is 8.78 Å². The quantitative estimate of drug-likeness (QED) is 0.591. The van der Waals surface area contributed by atoms with Crippen molar-refractivity contribution in [1.29, 1.82) is 0 Å². The molecule has 0 aliphatic carbocycles. The summed E-state index contributed by atoms with van der Waals surface area (Å²) in [5, 5.41) is 1.91. The number of hydrogen-bond acceptors (Lipinski definition) is 5. The number of para-hydroxylation sites is 1. The molecule has 0 bridgehead atoms. The minimum atomic E-state index is -0.282. The topological polar surface area (TPSA) is 67.6 Å². The minimum Gasteiger partial charge on any atom is -0.390 e. The Kier molecular flexibility index (Phi) is 6.94. The highest BCUT2D eigenvalue weighted by Gasteiger charge is 2.18. The maximum Gasteiger partial charge on any atom is 0.177 e. The van der Waals surface area contributed by atoms with Crippen molar-refractivity contribution in [2.75, 3.05) is 5.01 Å². The van der Waals surface area contributed by atoms with Crippen molar-refractivity contribution in [2.24, 2.45) is 16.6 Å². The number of aliphatic imine (C=N–C) groups is 1. The number of halogens is 2. The summed E-state index contributed by atoms with van der Waals surface area (Å²) in [5.74, 6) is 6.15. The van der Waals surface area contributed by atoms with Gasteiger partial charge in [0.1, 0.15) is 10.8 Å². The van der Waals surface area contributed by atoms with E-state index in [1.165, 1.54) is 41.9 Å². The van der Waals surface area contributed by atoms with Crippen LogP contribution in [-0.2, 0) is 0 Å². The second kappa shape index (κ2) is 9.17. The summed E-state index contributed by atoms with van der Waals surface area (Å²) in [5.41, 5.74) is 7.85. The van der Waals surface area contributed by atoms with Gasteiger partial charge in [-0.25, -0.2) is 19.6 Å². The number of thioether (sulfide) groups is 1. The molecular weight excluding hydrogens is 354 g/mol. The molecule has 4 N–H and O–H groups in total. The molecule has 0 aromatic heterocycles. The zero-order valence-corrected chi connectivity index (χ0v) is 15.3. The van der Waals surface area contributed by atoms with Gasteiger partial charge in [-0.05, 0) is 44.2 Å². The molecule has 1 heterocycles. The van der Waals surface area contributed by atoms with Crippen LogP contribution in [0.4, 0.5) is 14.5 Å². The molecule has 26 heavy (non-hydrogen) atoms. The van der Waals surface area contributed by atoms with Crippen LogP contribution in [0.3, 0.4) is 0 Å². The Hall–Kier alpha value is -2.64. The summed E-state index contributed by atoms with van der Waals surface area (Å²) < 4.78 is 24.2. The van der Waals surface area contributed by atoms with E-state index in [0.717, 1.165) is 16.1 Å². The van der Waals surface area contributed by atoms with Gasteiger partial charge >= 0.3 is 0 Å². The summed E-state index contributed by atoms with van der Waals surface area (Å²) in [6, 6.07) is 13.8. The van der Waals surface area contributed by atoms with E-state index in [9.17, 15) is 8.78 Å². The zero-order valence-electron chi connectivity index (χ0n) is 14.5. The maximum atomic E-state index is 12.9. The average molecular weight is 374 g/mol. The van der Waals surface area contributed by atoms with Gasteiger partial charge in [-0.1, -0.05) is 36.0 Å². The Morgan fingerprint density at radius 1 is 1.15 bits per heavy atom. The fourth-order valence-electron chi connectivity index (χ4n) is 1.98. The Bertz CT molecular complexity index is 841. The van der Waals surface area contributed by atoms with Crippen LogP contribution in [0.1, 0.15) is 19.4 Å². The number of nitrogens with zero attached hydrogens (tertiary/aromatic N) is 2. The van der Waals surface area contributed by atoms with Crippen molar-refractivity contribution in [1.82, 2.24) is 0 Å². The zero-order chi connectivity index (χ0) is 19.1. The van der Waals surface area contributed by atoms with E-state index >= 15 is 0 Å². The molecule has 0 atom stereocenters. The Labute approximate surface area is 155 Å². The van der Waals surface area contributed by atoms with Gasteiger partial charge in [-0.2, -0.15) is 0 Å². The molecule has 4 nitrogen and oxygen atoms in total. The van der Waals surface area contributed by atoms with Crippen LogP contribution in [0.25, 0.3) is 0 Å². The molecule has 1 aliphatic rings. The van der Waals surface area contributed by atoms with Crippen LogP contribution in [0.5, 0.6) is 0 Å². The minimum absolute atomic E-state index is 0.120. The standard InChI is InChI=1S/C15H13FN4S.C4H7F/c16-11-5-7-12(8-6-11)21-14(17)15-19-9-10-3-1-2-4-13(10)20(15)18;1-3-4(2)5/h1-9H,17-18H2;3H,1-2H3/b15-14+;4-3+. The predicted octanol–water partition coefficient (Wildman–Crippen LogP) is 4.70. The van der Waals surface area contributed by atoms with E-state index in [0.29, 0.717) is 10.9 Å². The number of hydrogen-bond donors (Lipinski definition) is 2. The van der Waals surface area contributed by atoms with E-state index in [4.69, 9.17) is 11.6 Å². The smallest absolute Gasteiger partial charge is 0.177 e. The third-order valence-corrected chi connectivity index (χ3v) is 4.32. The lowest BCUT2D eigenvalue weighted by atomic mass is 10.1. The van der Waals surface area contributed by atoms with Gasteiger partial charge in [0.05, 0.1) is 11.5 Å². The Morgan fingerprint density at radius 3 is 2.38 bits per heavy atom. The molecule has 0 radical (unpaired) electrons. The first-order chi connectivity index (χ1) is 12.4. The van der Waals surface area contributed by atoms with Crippen molar-refractivity contribution in [3.63, 3.8) is 0 Å². The number of fused-ring (bicyclic) bond motifs is 1. The number of allylic oxidation sites excluding steroid dienone is 2. The largest absolute Gasteiger partial charge is 0.390 e. The first-order valence-corrected chi connectivity index (χ1v) is 8.63. The normalized spacial score (nSPS) is 15.1. The summed E-state index contributed by atoms with van der Waals surface area (Å²) >= 11 is 1.29. The van der Waals surface area contributed by atoms with Crippen LogP contribution in [0.15, 0.2) is 81.2 Å². The summed E-state index contributed by atoms with van der Waals surface area (Å²) in [6.45, 7) is 3.08. The molecule has 7 heteroatoms. The van der Waals surface area contributed by atoms with Crippen molar-refractivity contribution in [2.45, 2.75) is 18.7 Å². The second-order valence-corrected chi connectivity index (χ2v) is 6.42. The molecule has 2 aromatic rings. The van der Waals surface area contributed by atoms with Gasteiger partial charge in [0.15, 0.2) is 5.82 Å². The number of anilines is 1. The summed E-state index contributed by atoms with van der Waals surface area (Å²) in [4.78, 5) is 5.12. The Balaban J connectivity index is 0.000000431. The molecular formula is C19H20F2N4S. The average Bonchev–Trinajstić information content (AvgIpc) is 2.64. The van der Waals surface area contributed by atoms with Crippen LogP contribution >= 0.6 is 11.8 Å². The van der Waals surface area contributed by atoms with E-state index in [2.05, 4.69) is 4.99 Å². The van der Waals surface area contributed by atoms with Crippen molar-refractivity contribution in [3.8, 4) is 0 Å². The molecule has 0 spiro atoms. The monoisotopic (exact) mass is 374 g/mol. The number of rotatable bonds is 2. The molecule has 1 aliphatic heterocycles. The lowest BCUT2D eigenvalue weighted by Crippen LogP contribution is -2.34. The third-order valence-electron chi connectivity index (χ3n) is 3.41. The molecule has 0 amide bonds. The van der Waals surface area contributed by atoms with Crippen LogP contribution in [0, 0.1) is 5.82 Å². The van der Waals surface area contributed by atoms with Crippen LogP contribution in [-0.4, -0.2) is 6.21 Å². The number of benzene rings is 2. The third kappa shape index (κ3) is 5.18. The molecule has 0 fully saturated rings. The van der Waals surface area contributed by atoms with Gasteiger partial charge in [-0.3, -0.25) is 5.01 Å². The van der Waals surface area contributed by atoms with Gasteiger partial charge in [0.2, 0.25) is 0 Å². The lowest BCUT2D eigenvalue weighted by molar-refractivity contribution is 0.626. The lowest BCUT2D eigenvalue weighted by Gasteiger charge is -2.25. The second-order valence-electron chi connectivity index (χ2n) is 5.31. The van der Waals surface area contributed by atoms with E-state index in [1.807, 2.05) is 24.3 Å². The first-order valence-electron chi connectivity index (χ1n) is 7.82. The van der Waals surface area contributed by atoms with Gasteiger partial charge in [0.25, 0.3) is 0 Å². The molecule has 3 rings (SSSR count). The molecule has 0 saturated carbocycles. The summed E-state index contributed by atoms with van der Waals surface area (Å²) in [7, 11) is 0. The van der Waals surface area contributed by atoms with E-state index in [-0.39, 0.29) is 11.6 Å². The SMILES string of the molecule is C/C=C(\C)F.N/C(Sc1ccc(F)cc1)=C1/N=Cc2ccccc2N1N. The highest BCUT2D eigenvalue weighted by atomic mass is 32.2. The molecule has 2 aromatic carbocycles. The maximum absolute atomic E-state index is 12.9. The molecule has 0 unspecified atom stereocenters. The highest BCUT2D eigenvalue weighted by Crippen LogP contribution is 2.31. The van der Waals surface area contributed by atoms with E-state index < -0.39 is 0 Å². The van der Waals surface area contributed by atoms with Gasteiger partial charge in [0, 0.05) is 16.7 Å². The first kappa shape index (κ1) is 19.7. The van der Waals surface area contributed by atoms with Gasteiger partial charge < -0.3 is 5.73 Å². The van der Waals surface area contributed by atoms with Crippen molar-refractivity contribution >= 4 is 23.7 Å². The summed E-state index contributed by atoms with van der Waals surface area (Å²) in [6.07, 6.45) is 3.14. The van der Waals surface area contributed by atoms with Gasteiger partial charge in [-0.15, -0.1) is 0 Å². The van der Waals surface area contributed by atoms with E-state index in [1.54, 1.807) is 25.3 Å². The number of hydrazine groups is 1. The molecule has 0 saturated heterocycles. The fourth-order valence-corrected chi connectivity index (χ4v) is 2.75. The highest BCUT2D eigenvalue weighted by molar-refractivity contribution is 8.03. The number of nitrogens with two attached hydrogens (primary N) is 2. The van der Waals surface area contributed by atoms with Crippen molar-refractivity contribution in [3.05, 3.63) is 82.7 Å².